The van der Waals surface area contributed by atoms with Gasteiger partial charge in [0, 0.05) is 6.42 Å². The average molecular weight is 206 g/mol. The molecule has 1 aromatic rings. The number of aryl methyl sites for hydroxylation is 1. The van der Waals surface area contributed by atoms with Gasteiger partial charge < -0.3 is 4.74 Å². The van der Waals surface area contributed by atoms with Crippen LogP contribution in [0.2, 0.25) is 0 Å². The molecule has 1 rings (SSSR count). The van der Waals surface area contributed by atoms with Crippen LogP contribution in [0.15, 0.2) is 24.3 Å². The van der Waals surface area contributed by atoms with E-state index in [0.717, 1.165) is 24.2 Å². The summed E-state index contributed by atoms with van der Waals surface area (Å²) in [4.78, 5) is 11.3. The number of ether oxygens (including phenoxy) is 1. The molecule has 0 unspecified atom stereocenters. The Balaban J connectivity index is 2.33. The second-order valence-electron chi connectivity index (χ2n) is 3.75. The summed E-state index contributed by atoms with van der Waals surface area (Å²) in [5, 5.41) is 0. The van der Waals surface area contributed by atoms with Gasteiger partial charge >= 0.3 is 0 Å². The summed E-state index contributed by atoms with van der Waals surface area (Å²) in [6.45, 7) is 4.28. The minimum Gasteiger partial charge on any atom is -0.486 e. The Bertz CT molecular complexity index is 318. The van der Waals surface area contributed by atoms with Crippen LogP contribution in [0.4, 0.5) is 0 Å². The summed E-state index contributed by atoms with van der Waals surface area (Å²) < 4.78 is 5.40. The van der Waals surface area contributed by atoms with E-state index in [1.54, 1.807) is 0 Å². The topological polar surface area (TPSA) is 26.3 Å². The van der Waals surface area contributed by atoms with E-state index in [-0.39, 0.29) is 12.4 Å². The lowest BCUT2D eigenvalue weighted by Crippen LogP contribution is -2.10. The highest BCUT2D eigenvalue weighted by Gasteiger charge is 2.02. The maximum atomic E-state index is 11.3. The third kappa shape index (κ3) is 4.63. The fourth-order valence-corrected chi connectivity index (χ4v) is 1.32. The molecule has 0 aliphatic rings. The van der Waals surface area contributed by atoms with Crippen LogP contribution in [0.25, 0.3) is 0 Å². The Morgan fingerprint density at radius 3 is 2.87 bits per heavy atom. The number of carbonyl (C=O) groups excluding carboxylic acids is 1. The van der Waals surface area contributed by atoms with E-state index in [1.807, 2.05) is 31.2 Å². The largest absolute Gasteiger partial charge is 0.486 e. The van der Waals surface area contributed by atoms with Gasteiger partial charge in [0.2, 0.25) is 0 Å². The lowest BCUT2D eigenvalue weighted by Gasteiger charge is -2.05. The van der Waals surface area contributed by atoms with Crippen molar-refractivity contribution in [1.82, 2.24) is 0 Å². The predicted molar refractivity (Wildman–Crippen MR) is 61.2 cm³/mol. The van der Waals surface area contributed by atoms with E-state index in [0.29, 0.717) is 6.42 Å². The van der Waals surface area contributed by atoms with Crippen molar-refractivity contribution < 1.29 is 9.53 Å². The van der Waals surface area contributed by atoms with Crippen molar-refractivity contribution in [2.45, 2.75) is 33.1 Å². The number of hydrogen-bond acceptors (Lipinski definition) is 2. The van der Waals surface area contributed by atoms with Crippen molar-refractivity contribution in [3.8, 4) is 5.75 Å². The first-order valence-corrected chi connectivity index (χ1v) is 5.43. The standard InChI is InChI=1S/C13H18O2/c1-3-4-7-12(14)10-15-13-8-5-6-11(2)9-13/h5-6,8-9H,3-4,7,10H2,1-2H3. The first kappa shape index (κ1) is 11.8. The van der Waals surface area contributed by atoms with Crippen LogP contribution < -0.4 is 4.74 Å². The van der Waals surface area contributed by atoms with Gasteiger partial charge in [-0.2, -0.15) is 0 Å². The Labute approximate surface area is 91.3 Å². The van der Waals surface area contributed by atoms with Gasteiger partial charge in [0.05, 0.1) is 0 Å². The van der Waals surface area contributed by atoms with Gasteiger partial charge in [0.25, 0.3) is 0 Å². The molecule has 82 valence electrons. The van der Waals surface area contributed by atoms with Crippen LogP contribution in [-0.4, -0.2) is 12.4 Å². The van der Waals surface area contributed by atoms with E-state index in [4.69, 9.17) is 4.74 Å². The van der Waals surface area contributed by atoms with Crippen molar-refractivity contribution in [3.05, 3.63) is 29.8 Å². The molecule has 2 heteroatoms. The predicted octanol–water partition coefficient (Wildman–Crippen LogP) is 3.13. The van der Waals surface area contributed by atoms with Crippen LogP contribution in [0.3, 0.4) is 0 Å². The van der Waals surface area contributed by atoms with Gasteiger partial charge in [0.15, 0.2) is 5.78 Å². The van der Waals surface area contributed by atoms with Crippen molar-refractivity contribution in [3.63, 3.8) is 0 Å². The smallest absolute Gasteiger partial charge is 0.170 e. The highest BCUT2D eigenvalue weighted by atomic mass is 16.5. The van der Waals surface area contributed by atoms with E-state index in [2.05, 4.69) is 6.92 Å². The number of Topliss-reactive ketones (excluding diaryl/α,β-unsaturated/α-hetero) is 1. The zero-order chi connectivity index (χ0) is 11.1. The van der Waals surface area contributed by atoms with Crippen LogP contribution in [0, 0.1) is 6.92 Å². The fraction of sp³-hybridized carbons (Fsp3) is 0.462. The zero-order valence-electron chi connectivity index (χ0n) is 9.45. The van der Waals surface area contributed by atoms with Crippen molar-refractivity contribution in [2.24, 2.45) is 0 Å². The first-order chi connectivity index (χ1) is 7.22. The van der Waals surface area contributed by atoms with Gasteiger partial charge in [-0.3, -0.25) is 4.79 Å². The van der Waals surface area contributed by atoms with Crippen LogP contribution in [0.1, 0.15) is 31.7 Å². The Kier molecular flexibility index (Phi) is 4.88. The molecule has 0 heterocycles. The maximum absolute atomic E-state index is 11.3. The van der Waals surface area contributed by atoms with Gasteiger partial charge in [0.1, 0.15) is 12.4 Å². The fourth-order valence-electron chi connectivity index (χ4n) is 1.32. The van der Waals surface area contributed by atoms with Crippen LogP contribution in [-0.2, 0) is 4.79 Å². The van der Waals surface area contributed by atoms with E-state index >= 15 is 0 Å². The average Bonchev–Trinajstić information content (AvgIpc) is 2.23. The van der Waals surface area contributed by atoms with Crippen LogP contribution in [0.5, 0.6) is 5.75 Å². The monoisotopic (exact) mass is 206 g/mol. The number of hydrogen-bond donors (Lipinski definition) is 0. The quantitative estimate of drug-likeness (QED) is 0.714. The molecule has 0 aromatic heterocycles. The van der Waals surface area contributed by atoms with Gasteiger partial charge in [-0.1, -0.05) is 25.5 Å². The van der Waals surface area contributed by atoms with Crippen molar-refractivity contribution in [2.75, 3.05) is 6.61 Å². The van der Waals surface area contributed by atoms with E-state index in [9.17, 15) is 4.79 Å². The summed E-state index contributed by atoms with van der Waals surface area (Å²) in [7, 11) is 0. The number of ketones is 1. The van der Waals surface area contributed by atoms with Crippen molar-refractivity contribution >= 4 is 5.78 Å². The molecule has 0 aliphatic heterocycles. The molecule has 2 nitrogen and oxygen atoms in total. The normalized spacial score (nSPS) is 10.0. The van der Waals surface area contributed by atoms with E-state index < -0.39 is 0 Å². The molecular weight excluding hydrogens is 188 g/mol. The van der Waals surface area contributed by atoms with E-state index in [1.165, 1.54) is 0 Å². The third-order valence-electron chi connectivity index (χ3n) is 2.20. The molecule has 0 bridgehead atoms. The zero-order valence-corrected chi connectivity index (χ0v) is 9.45. The summed E-state index contributed by atoms with van der Waals surface area (Å²) in [6.07, 6.45) is 2.63. The molecule has 0 radical (unpaired) electrons. The first-order valence-electron chi connectivity index (χ1n) is 5.43. The minimum atomic E-state index is 0.179. The SMILES string of the molecule is CCCCC(=O)COc1cccc(C)c1. The van der Waals surface area contributed by atoms with Gasteiger partial charge in [-0.25, -0.2) is 0 Å². The van der Waals surface area contributed by atoms with Crippen molar-refractivity contribution in [1.29, 1.82) is 0 Å². The second kappa shape index (κ2) is 6.23. The molecule has 0 aliphatic carbocycles. The Hall–Kier alpha value is -1.31. The number of carbonyl (C=O) groups is 1. The summed E-state index contributed by atoms with van der Waals surface area (Å²) in [5.74, 6) is 0.957. The molecule has 15 heavy (non-hydrogen) atoms. The molecule has 0 saturated heterocycles. The summed E-state index contributed by atoms with van der Waals surface area (Å²) >= 11 is 0. The highest BCUT2D eigenvalue weighted by molar-refractivity contribution is 5.79. The second-order valence-corrected chi connectivity index (χ2v) is 3.75. The lowest BCUT2D eigenvalue weighted by molar-refractivity contribution is -0.121. The highest BCUT2D eigenvalue weighted by Crippen LogP contribution is 2.12. The summed E-state index contributed by atoms with van der Waals surface area (Å²) in [5.41, 5.74) is 1.15. The molecular formula is C13H18O2. The third-order valence-corrected chi connectivity index (χ3v) is 2.20. The Morgan fingerprint density at radius 1 is 1.40 bits per heavy atom. The molecule has 0 atom stereocenters. The summed E-state index contributed by atoms with van der Waals surface area (Å²) in [6, 6.07) is 7.75. The number of unbranched alkanes of at least 4 members (excludes halogenated alkanes) is 1. The molecule has 1 aromatic carbocycles. The lowest BCUT2D eigenvalue weighted by atomic mass is 10.2. The van der Waals surface area contributed by atoms with Crippen LogP contribution >= 0.6 is 0 Å². The number of rotatable bonds is 6. The molecule has 0 amide bonds. The Morgan fingerprint density at radius 2 is 2.20 bits per heavy atom. The maximum Gasteiger partial charge on any atom is 0.170 e. The molecule has 0 N–H and O–H groups in total. The molecule has 0 saturated carbocycles. The minimum absolute atomic E-state index is 0.179. The number of benzene rings is 1. The van der Waals surface area contributed by atoms with Gasteiger partial charge in [-0.05, 0) is 31.0 Å². The van der Waals surface area contributed by atoms with Gasteiger partial charge in [-0.15, -0.1) is 0 Å². The molecule has 0 fully saturated rings. The molecule has 0 spiro atoms.